The average Bonchev–Trinajstić information content (AvgIpc) is 2.77. The minimum Gasteiger partial charge on any atom is -0.326 e. The summed E-state index contributed by atoms with van der Waals surface area (Å²) in [6.45, 7) is 5.54. The molecule has 0 aliphatic heterocycles. The van der Waals surface area contributed by atoms with Crippen LogP contribution in [0.2, 0.25) is 0 Å². The van der Waals surface area contributed by atoms with Crippen molar-refractivity contribution in [3.05, 3.63) is 21.9 Å². The molecule has 1 aliphatic rings. The van der Waals surface area contributed by atoms with Gasteiger partial charge in [0.25, 0.3) is 0 Å². The van der Waals surface area contributed by atoms with Gasteiger partial charge in [0.15, 0.2) is 0 Å². The number of thiophene rings is 1. The maximum Gasteiger partial charge on any atom is 0.0591 e. The summed E-state index contributed by atoms with van der Waals surface area (Å²) in [5, 5.41) is 2.19. The molecule has 1 aromatic rings. The highest BCUT2D eigenvalue weighted by Gasteiger charge is 2.26. The summed E-state index contributed by atoms with van der Waals surface area (Å²) >= 11 is 1.85. The van der Waals surface area contributed by atoms with Crippen molar-refractivity contribution in [3.8, 4) is 0 Å². The third-order valence-electron chi connectivity index (χ3n) is 4.41. The number of rotatable bonds is 5. The fraction of sp³-hybridized carbons (Fsp3) is 0.750. The lowest BCUT2D eigenvalue weighted by Crippen LogP contribution is -2.39. The molecule has 1 aromatic heterocycles. The Bertz CT molecular complexity index is 380. The first kappa shape index (κ1) is 15.0. The second kappa shape index (κ2) is 6.87. The van der Waals surface area contributed by atoms with Crippen LogP contribution in [-0.2, 0) is 0 Å². The van der Waals surface area contributed by atoms with E-state index in [2.05, 4.69) is 37.2 Å². The zero-order valence-corrected chi connectivity index (χ0v) is 13.4. The van der Waals surface area contributed by atoms with Crippen molar-refractivity contribution in [2.24, 2.45) is 11.7 Å². The Morgan fingerprint density at radius 3 is 2.58 bits per heavy atom. The van der Waals surface area contributed by atoms with Crippen molar-refractivity contribution in [1.29, 1.82) is 0 Å². The van der Waals surface area contributed by atoms with E-state index in [1.165, 1.54) is 49.1 Å². The van der Waals surface area contributed by atoms with E-state index in [1.54, 1.807) is 0 Å². The van der Waals surface area contributed by atoms with Gasteiger partial charge >= 0.3 is 0 Å². The summed E-state index contributed by atoms with van der Waals surface area (Å²) in [5.41, 5.74) is 7.66. The van der Waals surface area contributed by atoms with Gasteiger partial charge in [0, 0.05) is 17.5 Å². The summed E-state index contributed by atoms with van der Waals surface area (Å²) < 4.78 is 0. The standard InChI is InChI=1S/C16H28N2S/c1-12-9-10-19-16(12)15(13(2)17)18(3)11-14-7-5-4-6-8-14/h9-10,13-15H,4-8,11,17H2,1-3H3. The molecule has 2 unspecified atom stereocenters. The lowest BCUT2D eigenvalue weighted by Gasteiger charge is -2.35. The first-order valence-electron chi connectivity index (χ1n) is 7.59. The molecule has 1 aliphatic carbocycles. The summed E-state index contributed by atoms with van der Waals surface area (Å²) in [6, 6.07) is 2.77. The molecule has 1 heterocycles. The smallest absolute Gasteiger partial charge is 0.0591 e. The molecular formula is C16H28N2S. The SMILES string of the molecule is Cc1ccsc1C(C(C)N)N(C)CC1CCCCC1. The van der Waals surface area contributed by atoms with Crippen LogP contribution in [0.1, 0.15) is 55.5 Å². The molecule has 0 aromatic carbocycles. The van der Waals surface area contributed by atoms with Gasteiger partial charge in [0.05, 0.1) is 6.04 Å². The summed E-state index contributed by atoms with van der Waals surface area (Å²) in [4.78, 5) is 3.95. The van der Waals surface area contributed by atoms with E-state index in [4.69, 9.17) is 5.73 Å². The number of nitrogens with zero attached hydrogens (tertiary/aromatic N) is 1. The monoisotopic (exact) mass is 280 g/mol. The molecule has 0 radical (unpaired) electrons. The minimum atomic E-state index is 0.186. The van der Waals surface area contributed by atoms with Crippen LogP contribution in [0.25, 0.3) is 0 Å². The highest BCUT2D eigenvalue weighted by atomic mass is 32.1. The van der Waals surface area contributed by atoms with Crippen molar-refractivity contribution in [2.45, 2.75) is 58.0 Å². The Kier molecular flexibility index (Phi) is 5.43. The molecule has 2 atom stereocenters. The van der Waals surface area contributed by atoms with E-state index in [0.717, 1.165) is 5.92 Å². The van der Waals surface area contributed by atoms with Crippen LogP contribution in [0.5, 0.6) is 0 Å². The van der Waals surface area contributed by atoms with Gasteiger partial charge < -0.3 is 5.73 Å². The van der Waals surface area contributed by atoms with E-state index in [0.29, 0.717) is 6.04 Å². The molecular weight excluding hydrogens is 252 g/mol. The van der Waals surface area contributed by atoms with Crippen LogP contribution in [0.15, 0.2) is 11.4 Å². The number of nitrogens with two attached hydrogens (primary N) is 1. The largest absolute Gasteiger partial charge is 0.326 e. The van der Waals surface area contributed by atoms with Crippen LogP contribution in [0, 0.1) is 12.8 Å². The first-order valence-corrected chi connectivity index (χ1v) is 8.47. The molecule has 0 saturated heterocycles. The Morgan fingerprint density at radius 1 is 1.37 bits per heavy atom. The minimum absolute atomic E-state index is 0.186. The summed E-state index contributed by atoms with van der Waals surface area (Å²) in [6.07, 6.45) is 7.07. The molecule has 0 bridgehead atoms. The van der Waals surface area contributed by atoms with Crippen molar-refractivity contribution in [3.63, 3.8) is 0 Å². The lowest BCUT2D eigenvalue weighted by molar-refractivity contribution is 0.168. The molecule has 0 amide bonds. The van der Waals surface area contributed by atoms with Gasteiger partial charge in [-0.1, -0.05) is 19.3 Å². The van der Waals surface area contributed by atoms with Crippen LogP contribution in [-0.4, -0.2) is 24.5 Å². The second-order valence-corrected chi connectivity index (χ2v) is 7.16. The van der Waals surface area contributed by atoms with Gasteiger partial charge in [-0.3, -0.25) is 4.90 Å². The number of likely N-dealkylation sites (N-methyl/N-ethyl adjacent to an activating group) is 1. The first-order chi connectivity index (χ1) is 9.09. The van der Waals surface area contributed by atoms with Crippen LogP contribution < -0.4 is 5.73 Å². The van der Waals surface area contributed by atoms with Gasteiger partial charge in [-0.2, -0.15) is 0 Å². The third kappa shape index (κ3) is 3.80. The van der Waals surface area contributed by atoms with E-state index in [9.17, 15) is 0 Å². The predicted molar refractivity (Wildman–Crippen MR) is 84.7 cm³/mol. The molecule has 1 fully saturated rings. The second-order valence-electron chi connectivity index (χ2n) is 6.22. The van der Waals surface area contributed by atoms with Crippen LogP contribution >= 0.6 is 11.3 Å². The lowest BCUT2D eigenvalue weighted by atomic mass is 9.88. The Hall–Kier alpha value is -0.380. The molecule has 2 nitrogen and oxygen atoms in total. The van der Waals surface area contributed by atoms with Crippen LogP contribution in [0.3, 0.4) is 0 Å². The van der Waals surface area contributed by atoms with Crippen molar-refractivity contribution in [1.82, 2.24) is 4.90 Å². The van der Waals surface area contributed by atoms with Gasteiger partial charge in [0.2, 0.25) is 0 Å². The predicted octanol–water partition coefficient (Wildman–Crippen LogP) is 3.96. The summed E-state index contributed by atoms with van der Waals surface area (Å²) in [7, 11) is 2.25. The van der Waals surface area contributed by atoms with Gasteiger partial charge in [-0.05, 0) is 56.7 Å². The van der Waals surface area contributed by atoms with Gasteiger partial charge in [-0.25, -0.2) is 0 Å². The van der Waals surface area contributed by atoms with E-state index in [1.807, 2.05) is 11.3 Å². The zero-order chi connectivity index (χ0) is 13.8. The zero-order valence-electron chi connectivity index (χ0n) is 12.6. The molecule has 19 heavy (non-hydrogen) atoms. The highest BCUT2D eigenvalue weighted by Crippen LogP contribution is 2.32. The molecule has 3 heteroatoms. The van der Waals surface area contributed by atoms with E-state index < -0.39 is 0 Å². The van der Waals surface area contributed by atoms with Crippen LogP contribution in [0.4, 0.5) is 0 Å². The Labute approximate surface area is 122 Å². The number of hydrogen-bond donors (Lipinski definition) is 1. The molecule has 2 N–H and O–H groups in total. The Morgan fingerprint density at radius 2 is 2.05 bits per heavy atom. The van der Waals surface area contributed by atoms with Crippen molar-refractivity contribution >= 4 is 11.3 Å². The maximum absolute atomic E-state index is 6.27. The van der Waals surface area contributed by atoms with Crippen molar-refractivity contribution in [2.75, 3.05) is 13.6 Å². The van der Waals surface area contributed by atoms with E-state index >= 15 is 0 Å². The Balaban J connectivity index is 2.04. The topological polar surface area (TPSA) is 29.3 Å². The fourth-order valence-corrected chi connectivity index (χ4v) is 4.63. The average molecular weight is 280 g/mol. The maximum atomic E-state index is 6.27. The number of hydrogen-bond acceptors (Lipinski definition) is 3. The number of aryl methyl sites for hydroxylation is 1. The summed E-state index contributed by atoms with van der Waals surface area (Å²) in [5.74, 6) is 0.875. The van der Waals surface area contributed by atoms with Gasteiger partial charge in [-0.15, -0.1) is 11.3 Å². The third-order valence-corrected chi connectivity index (χ3v) is 5.50. The normalized spacial score (nSPS) is 20.7. The molecule has 2 rings (SSSR count). The molecule has 0 spiro atoms. The highest BCUT2D eigenvalue weighted by molar-refractivity contribution is 7.10. The quantitative estimate of drug-likeness (QED) is 0.884. The van der Waals surface area contributed by atoms with Crippen molar-refractivity contribution < 1.29 is 0 Å². The molecule has 1 saturated carbocycles. The van der Waals surface area contributed by atoms with Gasteiger partial charge in [0.1, 0.15) is 0 Å². The fourth-order valence-electron chi connectivity index (χ4n) is 3.42. The van der Waals surface area contributed by atoms with E-state index in [-0.39, 0.29) is 6.04 Å². The molecule has 108 valence electrons.